The van der Waals surface area contributed by atoms with E-state index in [-0.39, 0.29) is 17.0 Å². The fourth-order valence-electron chi connectivity index (χ4n) is 3.55. The second-order valence-electron chi connectivity index (χ2n) is 6.85. The zero-order valence-electron chi connectivity index (χ0n) is 14.4. The Labute approximate surface area is 158 Å². The second kappa shape index (κ2) is 7.98. The van der Waals surface area contributed by atoms with E-state index in [1.807, 2.05) is 4.90 Å². The van der Waals surface area contributed by atoms with Crippen molar-refractivity contribution >= 4 is 35.0 Å². The molecule has 2 aliphatic heterocycles. The smallest absolute Gasteiger partial charge is 0.270 e. The Morgan fingerprint density at radius 2 is 1.88 bits per heavy atom. The maximum atomic E-state index is 12.5. The van der Waals surface area contributed by atoms with Crippen LogP contribution in [-0.2, 0) is 4.79 Å². The fourth-order valence-corrected chi connectivity index (χ4v) is 3.86. The molecule has 2 saturated heterocycles. The summed E-state index contributed by atoms with van der Waals surface area (Å²) in [6, 6.07) is 1.89. The van der Waals surface area contributed by atoms with Gasteiger partial charge < -0.3 is 14.8 Å². The first-order valence-corrected chi connectivity index (χ1v) is 9.56. The van der Waals surface area contributed by atoms with Crippen molar-refractivity contribution in [2.75, 3.05) is 39.3 Å². The third kappa shape index (κ3) is 4.30. The number of hydrogen-bond donors (Lipinski definition) is 1. The molecule has 0 bridgehead atoms. The standard InChI is InChI=1S/C17H24Cl2N4O2/c1-12-4-2-3-5-23(12)15(24)11-21-6-8-22(9-7-21)17(25)14-10-13(18)16(19)20-14/h10,12,20H,2-9,11H2,1H3. The van der Waals surface area contributed by atoms with Crippen molar-refractivity contribution in [3.8, 4) is 0 Å². The van der Waals surface area contributed by atoms with Crippen LogP contribution >= 0.6 is 23.2 Å². The van der Waals surface area contributed by atoms with Crippen LogP contribution in [0.1, 0.15) is 36.7 Å². The first kappa shape index (κ1) is 18.5. The Kier molecular flexibility index (Phi) is 5.92. The predicted octanol–water partition coefficient (Wildman–Crippen LogP) is 2.48. The van der Waals surface area contributed by atoms with Gasteiger partial charge in [-0.3, -0.25) is 14.5 Å². The van der Waals surface area contributed by atoms with E-state index in [2.05, 4.69) is 16.8 Å². The van der Waals surface area contributed by atoms with Crippen LogP contribution < -0.4 is 0 Å². The summed E-state index contributed by atoms with van der Waals surface area (Å²) in [5, 5.41) is 0.634. The number of carbonyl (C=O) groups is 2. The van der Waals surface area contributed by atoms with Crippen molar-refractivity contribution in [2.45, 2.75) is 32.2 Å². The van der Waals surface area contributed by atoms with Crippen LogP contribution in [0.4, 0.5) is 0 Å². The molecule has 8 heteroatoms. The predicted molar refractivity (Wildman–Crippen MR) is 98.2 cm³/mol. The van der Waals surface area contributed by atoms with Gasteiger partial charge in [0.05, 0.1) is 11.6 Å². The maximum absolute atomic E-state index is 12.5. The second-order valence-corrected chi connectivity index (χ2v) is 7.63. The molecule has 1 aromatic rings. The Morgan fingerprint density at radius 1 is 1.16 bits per heavy atom. The molecule has 0 aliphatic carbocycles. The van der Waals surface area contributed by atoms with Crippen LogP contribution in [-0.4, -0.2) is 76.8 Å². The quantitative estimate of drug-likeness (QED) is 0.867. The van der Waals surface area contributed by atoms with Crippen molar-refractivity contribution in [2.24, 2.45) is 0 Å². The van der Waals surface area contributed by atoms with E-state index in [1.165, 1.54) is 6.42 Å². The summed E-state index contributed by atoms with van der Waals surface area (Å²) in [6.07, 6.45) is 3.40. The topological polar surface area (TPSA) is 59.7 Å². The van der Waals surface area contributed by atoms with Crippen LogP contribution in [0.15, 0.2) is 6.07 Å². The summed E-state index contributed by atoms with van der Waals surface area (Å²) in [5.74, 6) is 0.0966. The number of nitrogens with one attached hydrogen (secondary N) is 1. The lowest BCUT2D eigenvalue weighted by atomic mass is 10.0. The molecular formula is C17H24Cl2N4O2. The highest BCUT2D eigenvalue weighted by molar-refractivity contribution is 6.41. The van der Waals surface area contributed by atoms with Gasteiger partial charge in [-0.1, -0.05) is 23.2 Å². The van der Waals surface area contributed by atoms with Crippen molar-refractivity contribution < 1.29 is 9.59 Å². The number of rotatable bonds is 3. The van der Waals surface area contributed by atoms with Crippen LogP contribution in [0, 0.1) is 0 Å². The first-order chi connectivity index (χ1) is 12.0. The molecule has 0 aromatic carbocycles. The highest BCUT2D eigenvalue weighted by Gasteiger charge is 2.28. The van der Waals surface area contributed by atoms with Gasteiger partial charge in [-0.2, -0.15) is 0 Å². The number of piperidine rings is 1. The Balaban J connectivity index is 1.50. The number of amides is 2. The number of likely N-dealkylation sites (tertiary alicyclic amines) is 1. The lowest BCUT2D eigenvalue weighted by Crippen LogP contribution is -2.53. The first-order valence-electron chi connectivity index (χ1n) is 8.81. The molecule has 0 radical (unpaired) electrons. The van der Waals surface area contributed by atoms with Crippen LogP contribution in [0.25, 0.3) is 0 Å². The number of aromatic nitrogens is 1. The molecule has 3 heterocycles. The van der Waals surface area contributed by atoms with Gasteiger partial charge in [0.15, 0.2) is 0 Å². The molecule has 2 fully saturated rings. The minimum absolute atomic E-state index is 0.107. The Bertz CT molecular complexity index is 621. The van der Waals surface area contributed by atoms with Gasteiger partial charge in [0.1, 0.15) is 10.8 Å². The third-order valence-corrected chi connectivity index (χ3v) is 5.79. The van der Waals surface area contributed by atoms with Crippen LogP contribution in [0.2, 0.25) is 10.2 Å². The fraction of sp³-hybridized carbons (Fsp3) is 0.647. The van der Waals surface area contributed by atoms with E-state index < -0.39 is 0 Å². The summed E-state index contributed by atoms with van der Waals surface area (Å²) in [5.41, 5.74) is 0.404. The van der Waals surface area contributed by atoms with Gasteiger partial charge in [-0.15, -0.1) is 0 Å². The van der Waals surface area contributed by atoms with Crippen molar-refractivity contribution in [1.29, 1.82) is 0 Å². The maximum Gasteiger partial charge on any atom is 0.270 e. The van der Waals surface area contributed by atoms with Gasteiger partial charge in [0, 0.05) is 38.8 Å². The van der Waals surface area contributed by atoms with Gasteiger partial charge >= 0.3 is 0 Å². The number of carbonyl (C=O) groups excluding carboxylic acids is 2. The highest BCUT2D eigenvalue weighted by Crippen LogP contribution is 2.23. The molecule has 2 aliphatic rings. The van der Waals surface area contributed by atoms with E-state index in [1.54, 1.807) is 11.0 Å². The van der Waals surface area contributed by atoms with Crippen LogP contribution in [0.3, 0.4) is 0 Å². The summed E-state index contributed by atoms with van der Waals surface area (Å²) in [7, 11) is 0. The number of aromatic amines is 1. The number of piperazine rings is 1. The summed E-state index contributed by atoms with van der Waals surface area (Å²) < 4.78 is 0. The monoisotopic (exact) mass is 386 g/mol. The Morgan fingerprint density at radius 3 is 2.48 bits per heavy atom. The number of halogens is 2. The van der Waals surface area contributed by atoms with Gasteiger partial charge in [-0.05, 0) is 32.3 Å². The largest absolute Gasteiger partial charge is 0.340 e. The minimum Gasteiger partial charge on any atom is -0.340 e. The molecule has 1 atom stereocenters. The highest BCUT2D eigenvalue weighted by atomic mass is 35.5. The number of nitrogens with zero attached hydrogens (tertiary/aromatic N) is 3. The number of hydrogen-bond acceptors (Lipinski definition) is 3. The van der Waals surface area contributed by atoms with E-state index in [0.717, 1.165) is 19.4 Å². The van der Waals surface area contributed by atoms with Gasteiger partial charge in [0.2, 0.25) is 5.91 Å². The van der Waals surface area contributed by atoms with Crippen molar-refractivity contribution in [3.63, 3.8) is 0 Å². The average Bonchev–Trinajstić information content (AvgIpc) is 2.94. The normalized spacial score (nSPS) is 22.3. The van der Waals surface area contributed by atoms with Crippen molar-refractivity contribution in [1.82, 2.24) is 19.7 Å². The van der Waals surface area contributed by atoms with Gasteiger partial charge in [-0.25, -0.2) is 0 Å². The summed E-state index contributed by atoms with van der Waals surface area (Å²) in [6.45, 7) is 6.01. The summed E-state index contributed by atoms with van der Waals surface area (Å²) in [4.78, 5) is 33.7. The molecule has 0 saturated carbocycles. The van der Waals surface area contributed by atoms with E-state index >= 15 is 0 Å². The van der Waals surface area contributed by atoms with Crippen molar-refractivity contribution in [3.05, 3.63) is 21.9 Å². The number of H-pyrrole nitrogens is 1. The van der Waals surface area contributed by atoms with E-state index in [4.69, 9.17) is 23.2 Å². The molecule has 25 heavy (non-hydrogen) atoms. The van der Waals surface area contributed by atoms with Crippen LogP contribution in [0.5, 0.6) is 0 Å². The molecule has 1 unspecified atom stereocenters. The van der Waals surface area contributed by atoms with E-state index in [9.17, 15) is 9.59 Å². The minimum atomic E-state index is -0.107. The molecule has 6 nitrogen and oxygen atoms in total. The summed E-state index contributed by atoms with van der Waals surface area (Å²) >= 11 is 11.8. The molecular weight excluding hydrogens is 363 g/mol. The zero-order chi connectivity index (χ0) is 18.0. The third-order valence-electron chi connectivity index (χ3n) is 5.10. The van der Waals surface area contributed by atoms with E-state index in [0.29, 0.717) is 49.5 Å². The Hall–Kier alpha value is -1.24. The zero-order valence-corrected chi connectivity index (χ0v) is 15.9. The lowest BCUT2D eigenvalue weighted by Gasteiger charge is -2.38. The van der Waals surface area contributed by atoms with Gasteiger partial charge in [0.25, 0.3) is 5.91 Å². The molecule has 1 N–H and O–H groups in total. The SMILES string of the molecule is CC1CCCCN1C(=O)CN1CCN(C(=O)c2cc(Cl)c(Cl)[nH]2)CC1. The molecule has 0 spiro atoms. The molecule has 3 rings (SSSR count). The molecule has 2 amide bonds. The molecule has 1 aromatic heterocycles. The molecule has 138 valence electrons. The average molecular weight is 387 g/mol. The lowest BCUT2D eigenvalue weighted by molar-refractivity contribution is -0.136.